The van der Waals surface area contributed by atoms with Gasteiger partial charge in [0.05, 0.1) is 0 Å². The number of quaternary nitrogens is 1. The Balaban J connectivity index is 2.18. The lowest BCUT2D eigenvalue weighted by Gasteiger charge is -1.92. The van der Waals surface area contributed by atoms with Crippen molar-refractivity contribution < 1.29 is 5.23 Å². The molecule has 0 aromatic rings. The Kier molecular flexibility index (Phi) is 1.15. The minimum absolute atomic E-state index is 0.470. The van der Waals surface area contributed by atoms with Crippen molar-refractivity contribution in [1.82, 2.24) is 0 Å². The smallest absolute Gasteiger partial charge is 0.180 e. The molecule has 2 N–H and O–H groups in total. The van der Waals surface area contributed by atoms with Crippen LogP contribution < -0.4 is 5.23 Å². The summed E-state index contributed by atoms with van der Waals surface area (Å²) < 4.78 is 0. The van der Waals surface area contributed by atoms with Crippen LogP contribution in [0.2, 0.25) is 6.32 Å². The van der Waals surface area contributed by atoms with E-state index in [0.29, 0.717) is 7.41 Å². The number of hydrogen-bond donors (Lipinski definition) is 1. The number of rotatable bonds is 0. The summed E-state index contributed by atoms with van der Waals surface area (Å²) in [6, 6.07) is 0. The molecule has 1 atom stereocenters. The largest absolute Gasteiger partial charge is 0.541 e. The highest BCUT2D eigenvalue weighted by molar-refractivity contribution is 6.24. The molecule has 1 heterocycles. The van der Waals surface area contributed by atoms with E-state index in [0.717, 1.165) is 5.92 Å². The van der Waals surface area contributed by atoms with Crippen molar-refractivity contribution in [2.75, 3.05) is 6.54 Å². The molecule has 1 aliphatic rings. The van der Waals surface area contributed by atoms with Crippen LogP contribution >= 0.6 is 0 Å². The molecular formula is C4H12BN. The maximum absolute atomic E-state index is 2.50. The Morgan fingerprint density at radius 1 is 1.83 bits per heavy atom. The summed E-state index contributed by atoms with van der Waals surface area (Å²) in [5.41, 5.74) is 0. The SMILES string of the molecule is CC1C[BH2-][NH2+]C1. The van der Waals surface area contributed by atoms with Crippen LogP contribution in [0.3, 0.4) is 0 Å². The van der Waals surface area contributed by atoms with Crippen LogP contribution in [0.1, 0.15) is 6.92 Å². The van der Waals surface area contributed by atoms with Gasteiger partial charge in [-0.25, -0.2) is 0 Å². The van der Waals surface area contributed by atoms with Gasteiger partial charge in [-0.3, -0.25) is 0 Å². The van der Waals surface area contributed by atoms with Gasteiger partial charge in [0.15, 0.2) is 7.41 Å². The maximum Gasteiger partial charge on any atom is 0.180 e. The van der Waals surface area contributed by atoms with Crippen LogP contribution in [0.25, 0.3) is 0 Å². The maximum atomic E-state index is 2.50. The molecule has 1 aliphatic heterocycles. The third kappa shape index (κ3) is 0.746. The van der Waals surface area contributed by atoms with E-state index in [-0.39, 0.29) is 0 Å². The second kappa shape index (κ2) is 1.65. The summed E-state index contributed by atoms with van der Waals surface area (Å²) >= 11 is 0. The molecule has 2 heteroatoms. The fourth-order valence-corrected chi connectivity index (χ4v) is 1.30. The second-order valence-electron chi connectivity index (χ2n) is 2.57. The molecule has 0 spiro atoms. The molecule has 0 radical (unpaired) electrons. The van der Waals surface area contributed by atoms with Crippen molar-refractivity contribution in [2.24, 2.45) is 5.92 Å². The lowest BCUT2D eigenvalue weighted by Crippen LogP contribution is -2.83. The molecule has 1 unspecified atom stereocenters. The standard InChI is InChI=1S/C4H12BN/c1-4-2-5-6-3-4/h4H,2-3,5-6H2,1H3. The average molecular weight is 85.0 g/mol. The predicted octanol–water partition coefficient (Wildman–Crippen LogP) is -1.30. The van der Waals surface area contributed by atoms with Crippen molar-refractivity contribution in [2.45, 2.75) is 13.2 Å². The van der Waals surface area contributed by atoms with E-state index in [1.807, 2.05) is 0 Å². The van der Waals surface area contributed by atoms with E-state index >= 15 is 0 Å². The van der Waals surface area contributed by atoms with Crippen molar-refractivity contribution in [3.05, 3.63) is 0 Å². The topological polar surface area (TPSA) is 16.6 Å². The molecule has 0 amide bonds. The Hall–Kier alpha value is 0.0249. The molecule has 36 valence electrons. The lowest BCUT2D eigenvalue weighted by molar-refractivity contribution is -0.507. The van der Waals surface area contributed by atoms with Crippen LogP contribution in [-0.2, 0) is 0 Å². The van der Waals surface area contributed by atoms with Gasteiger partial charge < -0.3 is 5.23 Å². The molecule has 1 saturated heterocycles. The zero-order valence-electron chi connectivity index (χ0n) is 4.57. The van der Waals surface area contributed by atoms with Crippen molar-refractivity contribution in [3.63, 3.8) is 0 Å². The van der Waals surface area contributed by atoms with E-state index in [4.69, 9.17) is 0 Å². The molecule has 1 nitrogen and oxygen atoms in total. The van der Waals surface area contributed by atoms with Crippen molar-refractivity contribution in [3.8, 4) is 0 Å². The summed E-state index contributed by atoms with van der Waals surface area (Å²) in [5.74, 6) is 1.05. The van der Waals surface area contributed by atoms with E-state index < -0.39 is 0 Å². The van der Waals surface area contributed by atoms with E-state index in [2.05, 4.69) is 12.2 Å². The van der Waals surface area contributed by atoms with Gasteiger partial charge in [-0.05, 0) is 5.92 Å². The molecule has 0 bridgehead atoms. The molecule has 1 rings (SSSR count). The quantitative estimate of drug-likeness (QED) is 0.352. The first-order valence-corrected chi connectivity index (χ1v) is 3.09. The van der Waals surface area contributed by atoms with Crippen LogP contribution in [0.15, 0.2) is 0 Å². The van der Waals surface area contributed by atoms with Gasteiger partial charge >= 0.3 is 0 Å². The molecule has 0 aliphatic carbocycles. The Bertz CT molecular complexity index is 40.8. The zero-order valence-corrected chi connectivity index (χ0v) is 4.57. The highest BCUT2D eigenvalue weighted by Crippen LogP contribution is 1.97. The fraction of sp³-hybridized carbons (Fsp3) is 1.00. The molecule has 0 aromatic carbocycles. The van der Waals surface area contributed by atoms with Gasteiger partial charge in [-0.15, -0.1) is 6.32 Å². The van der Waals surface area contributed by atoms with Gasteiger partial charge in [0.25, 0.3) is 0 Å². The van der Waals surface area contributed by atoms with E-state index in [1.165, 1.54) is 6.54 Å². The lowest BCUT2D eigenvalue weighted by atomic mass is 9.89. The normalized spacial score (nSPS) is 34.5. The Morgan fingerprint density at radius 3 is 2.83 bits per heavy atom. The Morgan fingerprint density at radius 2 is 2.67 bits per heavy atom. The molecule has 0 aromatic heterocycles. The highest BCUT2D eigenvalue weighted by atomic mass is 14.8. The van der Waals surface area contributed by atoms with Crippen LogP contribution in [0, 0.1) is 5.92 Å². The van der Waals surface area contributed by atoms with Gasteiger partial charge in [0.2, 0.25) is 0 Å². The van der Waals surface area contributed by atoms with E-state index in [1.54, 1.807) is 6.32 Å². The molecule has 1 fully saturated rings. The third-order valence-corrected chi connectivity index (χ3v) is 1.86. The average Bonchev–Trinajstić information content (AvgIpc) is 1.86. The van der Waals surface area contributed by atoms with Crippen molar-refractivity contribution in [1.29, 1.82) is 0 Å². The highest BCUT2D eigenvalue weighted by Gasteiger charge is 2.05. The van der Waals surface area contributed by atoms with Gasteiger partial charge in [0, 0.05) is 6.54 Å². The Labute approximate surface area is 39.4 Å². The minimum Gasteiger partial charge on any atom is -0.541 e. The summed E-state index contributed by atoms with van der Waals surface area (Å²) in [5, 5.41) is 2.50. The van der Waals surface area contributed by atoms with Crippen LogP contribution in [0.4, 0.5) is 0 Å². The van der Waals surface area contributed by atoms with Gasteiger partial charge in [-0.2, -0.15) is 0 Å². The zero-order chi connectivity index (χ0) is 4.41. The molecule has 0 saturated carbocycles. The van der Waals surface area contributed by atoms with Crippen molar-refractivity contribution >= 4 is 7.41 Å². The van der Waals surface area contributed by atoms with Gasteiger partial charge in [0.1, 0.15) is 0 Å². The summed E-state index contributed by atoms with van der Waals surface area (Å²) in [7, 11) is 0.470. The fourth-order valence-electron chi connectivity index (χ4n) is 1.30. The number of nitrogens with two attached hydrogens (primary N) is 1. The molecule has 6 heavy (non-hydrogen) atoms. The number of hydrogen-bond acceptors (Lipinski definition) is 0. The minimum atomic E-state index is 0.470. The summed E-state index contributed by atoms with van der Waals surface area (Å²) in [6.07, 6.45) is 1.56. The summed E-state index contributed by atoms with van der Waals surface area (Å²) in [4.78, 5) is 0. The van der Waals surface area contributed by atoms with E-state index in [9.17, 15) is 0 Å². The van der Waals surface area contributed by atoms with Crippen LogP contribution in [-0.4, -0.2) is 14.0 Å². The first-order chi connectivity index (χ1) is 2.89. The third-order valence-electron chi connectivity index (χ3n) is 1.86. The van der Waals surface area contributed by atoms with Gasteiger partial charge in [-0.1, -0.05) is 6.92 Å². The monoisotopic (exact) mass is 85.1 g/mol. The van der Waals surface area contributed by atoms with Crippen LogP contribution in [0.5, 0.6) is 0 Å². The summed E-state index contributed by atoms with van der Waals surface area (Å²) in [6.45, 7) is 3.76. The predicted molar refractivity (Wildman–Crippen MR) is 29.3 cm³/mol. The first kappa shape index (κ1) is 4.19. The first-order valence-electron chi connectivity index (χ1n) is 3.09. The second-order valence-corrected chi connectivity index (χ2v) is 2.57. The molecular weight excluding hydrogens is 72.9 g/mol.